The minimum absolute atomic E-state index is 0.0320. The molecule has 0 aliphatic heterocycles. The summed E-state index contributed by atoms with van der Waals surface area (Å²) in [7, 11) is 3.42. The third-order valence-corrected chi connectivity index (χ3v) is 4.45. The van der Waals surface area contributed by atoms with Crippen molar-refractivity contribution in [3.8, 4) is 0 Å². The van der Waals surface area contributed by atoms with Crippen LogP contribution in [0.3, 0.4) is 0 Å². The summed E-state index contributed by atoms with van der Waals surface area (Å²) in [6, 6.07) is 2.02. The van der Waals surface area contributed by atoms with Crippen molar-refractivity contribution in [2.24, 2.45) is 5.92 Å². The molecule has 1 N–H and O–H groups in total. The van der Waals surface area contributed by atoms with Gasteiger partial charge in [-0.15, -0.1) is 11.6 Å². The molecule has 24 heavy (non-hydrogen) atoms. The largest absolute Gasteiger partial charge is 0.469 e. The van der Waals surface area contributed by atoms with Gasteiger partial charge < -0.3 is 9.47 Å². The molecule has 0 spiro atoms. The Morgan fingerprint density at radius 1 is 1.38 bits per heavy atom. The number of aromatic nitrogens is 2. The van der Waals surface area contributed by atoms with Gasteiger partial charge in [0.05, 0.1) is 38.3 Å². The lowest BCUT2D eigenvalue weighted by atomic mass is 9.71. The molecule has 0 aliphatic carbocycles. The first-order valence-electron chi connectivity index (χ1n) is 7.72. The molecule has 1 aromatic heterocycles. The zero-order valence-corrected chi connectivity index (χ0v) is 14.8. The fourth-order valence-electron chi connectivity index (χ4n) is 2.88. The molecule has 1 atom stereocenters. The second-order valence-electron chi connectivity index (χ2n) is 5.52. The molecule has 0 unspecified atom stereocenters. The lowest BCUT2D eigenvalue weighted by molar-refractivity contribution is -0.151. The first-order valence-corrected chi connectivity index (χ1v) is 8.26. The number of aromatic amines is 1. The monoisotopic (exact) mass is 350 g/mol. The van der Waals surface area contributed by atoms with Crippen LogP contribution in [-0.4, -0.2) is 43.6 Å². The molecular weight excluding hydrogens is 330 g/mol. The molecule has 0 fully saturated rings. The molecule has 0 radical (unpaired) electrons. The van der Waals surface area contributed by atoms with Crippen molar-refractivity contribution in [3.05, 3.63) is 23.4 Å². The van der Waals surface area contributed by atoms with Crippen LogP contribution in [0.15, 0.2) is 12.3 Å². The number of halogens is 1. The normalized spacial score (nSPS) is 12.0. The van der Waals surface area contributed by atoms with Gasteiger partial charge in [-0.05, 0) is 17.5 Å². The average molecular weight is 351 g/mol. The second-order valence-corrected chi connectivity index (χ2v) is 5.79. The van der Waals surface area contributed by atoms with Crippen LogP contribution >= 0.6 is 11.6 Å². The van der Waals surface area contributed by atoms with E-state index in [1.807, 2.05) is 12.9 Å². The van der Waals surface area contributed by atoms with E-state index >= 15 is 0 Å². The number of ether oxygens (including phenoxy) is 2. The average Bonchev–Trinajstić information content (AvgIpc) is 3.08. The number of hydrogen-bond donors (Lipinski definition) is 1. The van der Waals surface area contributed by atoms with E-state index < -0.39 is 17.9 Å². The first-order chi connectivity index (χ1) is 11.5. The van der Waals surface area contributed by atoms with Crippen molar-refractivity contribution in [2.45, 2.75) is 25.5 Å². The summed E-state index contributed by atoms with van der Waals surface area (Å²) in [5.74, 6) is -1.20. The van der Waals surface area contributed by atoms with Crippen molar-refractivity contribution < 1.29 is 19.1 Å². The number of methoxy groups -OCH3 is 2. The van der Waals surface area contributed by atoms with Crippen LogP contribution in [0.4, 0.5) is 0 Å². The number of carbonyl (C=O) groups is 2. The number of carbonyl (C=O) groups excluding carboxylic acids is 2. The highest BCUT2D eigenvalue weighted by atomic mass is 35.5. The zero-order chi connectivity index (χ0) is 17.7. The Balaban J connectivity index is 2.44. The van der Waals surface area contributed by atoms with Crippen LogP contribution in [0.1, 0.15) is 17.5 Å². The highest BCUT2D eigenvalue weighted by Gasteiger charge is 2.25. The van der Waals surface area contributed by atoms with Gasteiger partial charge in [0.1, 0.15) is 0 Å². The molecule has 1 heterocycles. The van der Waals surface area contributed by atoms with Crippen LogP contribution in [0, 0.1) is 5.92 Å². The lowest BCUT2D eigenvalue weighted by Crippen LogP contribution is -2.24. The maximum atomic E-state index is 12.1. The van der Waals surface area contributed by atoms with Gasteiger partial charge in [0.2, 0.25) is 0 Å². The van der Waals surface area contributed by atoms with Crippen LogP contribution in [0.2, 0.25) is 6.82 Å². The molecule has 0 amide bonds. The summed E-state index contributed by atoms with van der Waals surface area (Å²) in [5, 5.41) is 8.04. The van der Waals surface area contributed by atoms with Gasteiger partial charge in [0, 0.05) is 11.3 Å². The summed E-state index contributed by atoms with van der Waals surface area (Å²) in [6.45, 7) is 2.05. The molecule has 2 aromatic rings. The van der Waals surface area contributed by atoms with E-state index in [2.05, 4.69) is 14.9 Å². The quantitative estimate of drug-likeness (QED) is 0.462. The molecule has 2 rings (SSSR count). The number of hydrogen-bond acceptors (Lipinski definition) is 5. The predicted molar refractivity (Wildman–Crippen MR) is 94.1 cm³/mol. The smallest absolute Gasteiger partial charge is 0.309 e. The van der Waals surface area contributed by atoms with Crippen molar-refractivity contribution in [1.82, 2.24) is 10.2 Å². The Bertz CT molecular complexity index is 747. The summed E-state index contributed by atoms with van der Waals surface area (Å²) >= 11 is 6.14. The molecule has 0 saturated heterocycles. The minimum atomic E-state index is -0.613. The molecule has 128 valence electrons. The van der Waals surface area contributed by atoms with Crippen LogP contribution in [-0.2, 0) is 31.4 Å². The predicted octanol–water partition coefficient (Wildman–Crippen LogP) is 1.31. The molecule has 0 aliphatic rings. The minimum Gasteiger partial charge on any atom is -0.469 e. The third-order valence-electron chi connectivity index (χ3n) is 4.18. The summed E-state index contributed by atoms with van der Waals surface area (Å²) in [5.41, 5.74) is 3.89. The Kier molecular flexibility index (Phi) is 6.26. The number of fused-ring (bicyclic) bond motifs is 1. The number of benzene rings is 1. The molecule has 8 heteroatoms. The van der Waals surface area contributed by atoms with Gasteiger partial charge >= 0.3 is 11.9 Å². The number of nitrogens with zero attached hydrogens (tertiary/aromatic N) is 1. The standard InChI is InChI=1S/C16H20BClN2O4/c1-17-13-5-9(11(7-18)12-8-19-20-15(12)13)4-10(16(22)24-3)6-14(21)23-2/h5,8,10,17H,4,6-7H2,1-3H3,(H,19,20)/t10-/m0/s1. The van der Waals surface area contributed by atoms with E-state index in [0.29, 0.717) is 12.3 Å². The number of rotatable bonds is 7. The van der Waals surface area contributed by atoms with Crippen LogP contribution < -0.4 is 5.46 Å². The zero-order valence-electron chi connectivity index (χ0n) is 14.0. The molecule has 6 nitrogen and oxygen atoms in total. The Labute approximate surface area is 146 Å². The van der Waals surface area contributed by atoms with Gasteiger partial charge in [0.25, 0.3) is 0 Å². The number of esters is 2. The van der Waals surface area contributed by atoms with E-state index in [-0.39, 0.29) is 6.42 Å². The third kappa shape index (κ3) is 3.72. The topological polar surface area (TPSA) is 81.3 Å². The van der Waals surface area contributed by atoms with Gasteiger partial charge in [-0.3, -0.25) is 14.7 Å². The van der Waals surface area contributed by atoms with Crippen molar-refractivity contribution in [1.29, 1.82) is 0 Å². The number of H-pyrrole nitrogens is 1. The molecule has 0 bridgehead atoms. The highest BCUT2D eigenvalue weighted by Crippen LogP contribution is 2.25. The SMILES string of the molecule is CBc1cc(C[C@@H](CC(=O)OC)C(=O)OC)c(CCl)c2cn[nH]c12. The molecular formula is C16H20BClN2O4. The fraction of sp³-hybridized carbons (Fsp3) is 0.438. The van der Waals surface area contributed by atoms with Gasteiger partial charge in [-0.2, -0.15) is 5.10 Å². The summed E-state index contributed by atoms with van der Waals surface area (Å²) < 4.78 is 9.52. The van der Waals surface area contributed by atoms with Crippen molar-refractivity contribution >= 4 is 47.2 Å². The fourth-order valence-corrected chi connectivity index (χ4v) is 3.19. The van der Waals surface area contributed by atoms with E-state index in [9.17, 15) is 9.59 Å². The van der Waals surface area contributed by atoms with Crippen molar-refractivity contribution in [3.63, 3.8) is 0 Å². The Hall–Kier alpha value is -2.02. The van der Waals surface area contributed by atoms with Gasteiger partial charge in [-0.25, -0.2) is 0 Å². The maximum absolute atomic E-state index is 12.1. The van der Waals surface area contributed by atoms with Crippen molar-refractivity contribution in [2.75, 3.05) is 14.2 Å². The van der Waals surface area contributed by atoms with Gasteiger partial charge in [0.15, 0.2) is 7.28 Å². The maximum Gasteiger partial charge on any atom is 0.309 e. The molecule has 1 aromatic carbocycles. The Morgan fingerprint density at radius 2 is 2.12 bits per heavy atom. The summed E-state index contributed by atoms with van der Waals surface area (Å²) in [4.78, 5) is 23.7. The van der Waals surface area contributed by atoms with Crippen LogP contribution in [0.5, 0.6) is 0 Å². The van der Waals surface area contributed by atoms with Gasteiger partial charge in [-0.1, -0.05) is 18.4 Å². The molecule has 0 saturated carbocycles. The van der Waals surface area contributed by atoms with E-state index in [1.54, 1.807) is 6.20 Å². The Morgan fingerprint density at radius 3 is 2.71 bits per heavy atom. The first kappa shape index (κ1) is 18.3. The second kappa shape index (κ2) is 8.19. The number of nitrogens with one attached hydrogen (secondary N) is 1. The highest BCUT2D eigenvalue weighted by molar-refractivity contribution is 6.55. The lowest BCUT2D eigenvalue weighted by Gasteiger charge is -2.17. The van der Waals surface area contributed by atoms with E-state index in [4.69, 9.17) is 16.3 Å². The van der Waals surface area contributed by atoms with E-state index in [0.717, 1.165) is 34.8 Å². The van der Waals surface area contributed by atoms with Crippen LogP contribution in [0.25, 0.3) is 10.9 Å². The summed E-state index contributed by atoms with van der Waals surface area (Å²) in [6.07, 6.45) is 2.07. The number of alkyl halides is 1. The van der Waals surface area contributed by atoms with E-state index in [1.165, 1.54) is 14.2 Å².